The van der Waals surface area contributed by atoms with Gasteiger partial charge in [0.05, 0.1) is 6.07 Å². The number of nitrogens with zero attached hydrogens (tertiary/aromatic N) is 1. The first-order valence-electron chi connectivity index (χ1n) is 7.74. The van der Waals surface area contributed by atoms with Gasteiger partial charge in [0.25, 0.3) is 0 Å². The Balaban J connectivity index is 1.70. The summed E-state index contributed by atoms with van der Waals surface area (Å²) >= 11 is 0. The van der Waals surface area contributed by atoms with Crippen molar-refractivity contribution < 1.29 is 0 Å². The SMILES string of the molecule is CC(C#N)CCCC1CCC(c2ccccc2)CC1. The molecule has 1 heteroatoms. The maximum absolute atomic E-state index is 8.78. The van der Waals surface area contributed by atoms with Crippen molar-refractivity contribution in [2.24, 2.45) is 11.8 Å². The van der Waals surface area contributed by atoms with E-state index in [9.17, 15) is 0 Å². The van der Waals surface area contributed by atoms with Gasteiger partial charge in [-0.2, -0.15) is 5.26 Å². The predicted molar refractivity (Wildman–Crippen MR) is 79.8 cm³/mol. The average Bonchev–Trinajstić information content (AvgIpc) is 2.48. The molecule has 19 heavy (non-hydrogen) atoms. The van der Waals surface area contributed by atoms with Gasteiger partial charge < -0.3 is 0 Å². The molecule has 1 saturated carbocycles. The molecule has 0 aromatic heterocycles. The third-order valence-corrected chi connectivity index (χ3v) is 4.59. The molecule has 1 unspecified atom stereocenters. The van der Waals surface area contributed by atoms with Gasteiger partial charge in [0.15, 0.2) is 0 Å². The van der Waals surface area contributed by atoms with Gasteiger partial charge in [-0.05, 0) is 56.4 Å². The molecular formula is C18H25N. The van der Waals surface area contributed by atoms with E-state index in [2.05, 4.69) is 36.4 Å². The summed E-state index contributed by atoms with van der Waals surface area (Å²) in [4.78, 5) is 0. The highest BCUT2D eigenvalue weighted by Gasteiger charge is 2.21. The minimum absolute atomic E-state index is 0.237. The molecule has 0 heterocycles. The molecule has 102 valence electrons. The van der Waals surface area contributed by atoms with Crippen molar-refractivity contribution in [1.29, 1.82) is 5.26 Å². The minimum atomic E-state index is 0.237. The van der Waals surface area contributed by atoms with Crippen LogP contribution in [0.15, 0.2) is 30.3 Å². The number of benzene rings is 1. The summed E-state index contributed by atoms with van der Waals surface area (Å²) < 4.78 is 0. The molecule has 0 N–H and O–H groups in total. The van der Waals surface area contributed by atoms with Crippen molar-refractivity contribution in [3.05, 3.63) is 35.9 Å². The summed E-state index contributed by atoms with van der Waals surface area (Å²) in [5.74, 6) is 1.93. The molecule has 0 spiro atoms. The zero-order chi connectivity index (χ0) is 13.5. The Morgan fingerprint density at radius 1 is 1.16 bits per heavy atom. The minimum Gasteiger partial charge on any atom is -0.198 e. The van der Waals surface area contributed by atoms with Gasteiger partial charge in [-0.3, -0.25) is 0 Å². The van der Waals surface area contributed by atoms with Gasteiger partial charge in [0.1, 0.15) is 0 Å². The van der Waals surface area contributed by atoms with Gasteiger partial charge in [-0.1, -0.05) is 43.2 Å². The van der Waals surface area contributed by atoms with E-state index in [4.69, 9.17) is 5.26 Å². The summed E-state index contributed by atoms with van der Waals surface area (Å²) in [5.41, 5.74) is 1.53. The fourth-order valence-corrected chi connectivity index (χ4v) is 3.29. The summed E-state index contributed by atoms with van der Waals surface area (Å²) in [6.07, 6.45) is 9.09. The average molecular weight is 255 g/mol. The fourth-order valence-electron chi connectivity index (χ4n) is 3.29. The molecule has 1 nitrogen and oxygen atoms in total. The molecule has 0 amide bonds. The molecule has 0 aliphatic heterocycles. The third kappa shape index (κ3) is 4.39. The van der Waals surface area contributed by atoms with Crippen molar-refractivity contribution in [1.82, 2.24) is 0 Å². The van der Waals surface area contributed by atoms with Gasteiger partial charge >= 0.3 is 0 Å². The topological polar surface area (TPSA) is 23.8 Å². The van der Waals surface area contributed by atoms with E-state index in [1.807, 2.05) is 6.92 Å². The van der Waals surface area contributed by atoms with E-state index in [1.54, 1.807) is 0 Å². The van der Waals surface area contributed by atoms with Crippen LogP contribution in [-0.4, -0.2) is 0 Å². The maximum atomic E-state index is 8.78. The van der Waals surface area contributed by atoms with Crippen LogP contribution in [0.4, 0.5) is 0 Å². The van der Waals surface area contributed by atoms with Crippen LogP contribution in [0, 0.1) is 23.2 Å². The molecule has 0 bridgehead atoms. The first-order chi connectivity index (χ1) is 9.29. The van der Waals surface area contributed by atoms with Crippen LogP contribution in [0.5, 0.6) is 0 Å². The van der Waals surface area contributed by atoms with Crippen LogP contribution in [-0.2, 0) is 0 Å². The highest BCUT2D eigenvalue weighted by molar-refractivity contribution is 5.19. The van der Waals surface area contributed by atoms with E-state index in [1.165, 1.54) is 44.1 Å². The van der Waals surface area contributed by atoms with E-state index in [0.717, 1.165) is 18.3 Å². The number of hydrogen-bond acceptors (Lipinski definition) is 1. The summed E-state index contributed by atoms with van der Waals surface area (Å²) in [6, 6.07) is 13.3. The second-order valence-electron chi connectivity index (χ2n) is 6.09. The van der Waals surface area contributed by atoms with Crippen LogP contribution in [0.3, 0.4) is 0 Å². The van der Waals surface area contributed by atoms with E-state index in [0.29, 0.717) is 0 Å². The third-order valence-electron chi connectivity index (χ3n) is 4.59. The number of hydrogen-bond donors (Lipinski definition) is 0. The second-order valence-corrected chi connectivity index (χ2v) is 6.09. The van der Waals surface area contributed by atoms with E-state index < -0.39 is 0 Å². The maximum Gasteiger partial charge on any atom is 0.0652 e. The lowest BCUT2D eigenvalue weighted by Crippen LogP contribution is -2.13. The highest BCUT2D eigenvalue weighted by atomic mass is 14.3. The van der Waals surface area contributed by atoms with E-state index in [-0.39, 0.29) is 5.92 Å². The van der Waals surface area contributed by atoms with Crippen molar-refractivity contribution in [2.45, 2.75) is 57.8 Å². The molecule has 1 aliphatic carbocycles. The van der Waals surface area contributed by atoms with Crippen molar-refractivity contribution in [3.63, 3.8) is 0 Å². The zero-order valence-corrected chi connectivity index (χ0v) is 12.0. The van der Waals surface area contributed by atoms with Crippen molar-refractivity contribution in [3.8, 4) is 6.07 Å². The summed E-state index contributed by atoms with van der Waals surface area (Å²) in [6.45, 7) is 2.03. The number of rotatable bonds is 5. The molecule has 1 fully saturated rings. The molecule has 1 aliphatic rings. The van der Waals surface area contributed by atoms with Gasteiger partial charge in [-0.15, -0.1) is 0 Å². The monoisotopic (exact) mass is 255 g/mol. The summed E-state index contributed by atoms with van der Waals surface area (Å²) in [5, 5.41) is 8.78. The molecular weight excluding hydrogens is 230 g/mol. The smallest absolute Gasteiger partial charge is 0.0652 e. The standard InChI is InChI=1S/C18H25N/c1-15(14-19)6-5-7-16-10-12-18(13-11-16)17-8-3-2-4-9-17/h2-4,8-9,15-16,18H,5-7,10-13H2,1H3. The van der Waals surface area contributed by atoms with Gasteiger partial charge in [0, 0.05) is 5.92 Å². The van der Waals surface area contributed by atoms with E-state index >= 15 is 0 Å². The lowest BCUT2D eigenvalue weighted by atomic mass is 9.77. The normalized spacial score (nSPS) is 24.6. The molecule has 1 aromatic carbocycles. The predicted octanol–water partition coefficient (Wildman–Crippen LogP) is 5.29. The lowest BCUT2D eigenvalue weighted by Gasteiger charge is -2.29. The van der Waals surface area contributed by atoms with Crippen molar-refractivity contribution in [2.75, 3.05) is 0 Å². The summed E-state index contributed by atoms with van der Waals surface area (Å²) in [7, 11) is 0. The Morgan fingerprint density at radius 3 is 2.47 bits per heavy atom. The van der Waals surface area contributed by atoms with Crippen LogP contribution < -0.4 is 0 Å². The van der Waals surface area contributed by atoms with Crippen LogP contribution in [0.2, 0.25) is 0 Å². The lowest BCUT2D eigenvalue weighted by molar-refractivity contribution is 0.300. The molecule has 1 aromatic rings. The van der Waals surface area contributed by atoms with Crippen LogP contribution >= 0.6 is 0 Å². The largest absolute Gasteiger partial charge is 0.198 e. The molecule has 2 rings (SSSR count). The van der Waals surface area contributed by atoms with Crippen molar-refractivity contribution >= 4 is 0 Å². The quantitative estimate of drug-likeness (QED) is 0.701. The van der Waals surface area contributed by atoms with Crippen LogP contribution in [0.1, 0.15) is 63.4 Å². The first kappa shape index (κ1) is 14.1. The Morgan fingerprint density at radius 2 is 1.84 bits per heavy atom. The Bertz CT molecular complexity index is 395. The Hall–Kier alpha value is -1.29. The molecule has 0 saturated heterocycles. The van der Waals surface area contributed by atoms with Gasteiger partial charge in [0.2, 0.25) is 0 Å². The Kier molecular flexibility index (Phi) is 5.45. The van der Waals surface area contributed by atoms with Gasteiger partial charge in [-0.25, -0.2) is 0 Å². The Labute approximate surface area is 117 Å². The van der Waals surface area contributed by atoms with Crippen LogP contribution in [0.25, 0.3) is 0 Å². The molecule has 1 atom stereocenters. The molecule has 0 radical (unpaired) electrons. The highest BCUT2D eigenvalue weighted by Crippen LogP contribution is 2.37. The second kappa shape index (κ2) is 7.34. The fraction of sp³-hybridized carbons (Fsp3) is 0.611. The number of nitriles is 1. The zero-order valence-electron chi connectivity index (χ0n) is 12.0. The first-order valence-corrected chi connectivity index (χ1v) is 7.74.